The van der Waals surface area contributed by atoms with Crippen LogP contribution < -0.4 is 5.32 Å². The number of carbonyl (C=O) groups excluding carboxylic acids is 1. The Morgan fingerprint density at radius 2 is 1.94 bits per heavy atom. The molecular weight excluding hydrogens is 234 g/mol. The molecule has 2 unspecified atom stereocenters. The quantitative estimate of drug-likeness (QED) is 0.792. The normalized spacial score (nSPS) is 14.1. The first-order valence-electron chi connectivity index (χ1n) is 5.68. The molecule has 0 fully saturated rings. The SMILES string of the molecule is CC(=O)c1ccc(NCCC(C)S(C)=O)cc1. The van der Waals surface area contributed by atoms with Gasteiger partial charge in [0.1, 0.15) is 0 Å². The number of rotatable bonds is 6. The fraction of sp³-hybridized carbons (Fsp3) is 0.462. The van der Waals surface area contributed by atoms with Crippen LogP contribution in [0, 0.1) is 0 Å². The fourth-order valence-corrected chi connectivity index (χ4v) is 1.86. The lowest BCUT2D eigenvalue weighted by Crippen LogP contribution is -2.14. The van der Waals surface area contributed by atoms with E-state index in [0.29, 0.717) is 0 Å². The molecule has 0 saturated heterocycles. The summed E-state index contributed by atoms with van der Waals surface area (Å²) in [5.74, 6) is 0.0755. The highest BCUT2D eigenvalue weighted by Gasteiger charge is 2.05. The molecule has 0 aliphatic rings. The largest absolute Gasteiger partial charge is 0.385 e. The zero-order chi connectivity index (χ0) is 12.8. The van der Waals surface area contributed by atoms with Crippen molar-refractivity contribution < 1.29 is 9.00 Å². The Hall–Kier alpha value is -1.16. The molecule has 0 spiro atoms. The van der Waals surface area contributed by atoms with Gasteiger partial charge in [-0.3, -0.25) is 9.00 Å². The third-order valence-electron chi connectivity index (χ3n) is 2.74. The molecule has 0 aliphatic carbocycles. The van der Waals surface area contributed by atoms with Gasteiger partial charge in [-0.2, -0.15) is 0 Å². The third-order valence-corrected chi connectivity index (χ3v) is 4.11. The first-order valence-corrected chi connectivity index (χ1v) is 7.30. The zero-order valence-corrected chi connectivity index (χ0v) is 11.3. The van der Waals surface area contributed by atoms with Crippen LogP contribution in [0.2, 0.25) is 0 Å². The highest BCUT2D eigenvalue weighted by Crippen LogP contribution is 2.10. The Morgan fingerprint density at radius 1 is 1.35 bits per heavy atom. The van der Waals surface area contributed by atoms with E-state index in [1.54, 1.807) is 13.2 Å². The van der Waals surface area contributed by atoms with Gasteiger partial charge >= 0.3 is 0 Å². The van der Waals surface area contributed by atoms with Crippen molar-refractivity contribution in [3.05, 3.63) is 29.8 Å². The van der Waals surface area contributed by atoms with E-state index in [2.05, 4.69) is 5.32 Å². The summed E-state index contributed by atoms with van der Waals surface area (Å²) in [4.78, 5) is 11.1. The molecule has 1 aromatic carbocycles. The van der Waals surface area contributed by atoms with Crippen molar-refractivity contribution in [1.82, 2.24) is 0 Å². The second-order valence-electron chi connectivity index (χ2n) is 4.16. The molecule has 17 heavy (non-hydrogen) atoms. The van der Waals surface area contributed by atoms with Crippen LogP contribution in [0.5, 0.6) is 0 Å². The van der Waals surface area contributed by atoms with Gasteiger partial charge in [-0.25, -0.2) is 0 Å². The lowest BCUT2D eigenvalue weighted by molar-refractivity contribution is 0.101. The van der Waals surface area contributed by atoms with Crippen molar-refractivity contribution in [2.75, 3.05) is 18.1 Å². The minimum Gasteiger partial charge on any atom is -0.385 e. The molecule has 94 valence electrons. The number of carbonyl (C=O) groups is 1. The maximum absolute atomic E-state index is 11.2. The molecule has 1 N–H and O–H groups in total. The van der Waals surface area contributed by atoms with Gasteiger partial charge in [0.05, 0.1) is 0 Å². The van der Waals surface area contributed by atoms with Gasteiger partial charge in [0.15, 0.2) is 5.78 Å². The average molecular weight is 253 g/mol. The second kappa shape index (κ2) is 6.55. The number of nitrogens with one attached hydrogen (secondary N) is 1. The number of ketones is 1. The van der Waals surface area contributed by atoms with E-state index in [0.717, 1.165) is 24.2 Å². The van der Waals surface area contributed by atoms with Crippen LogP contribution in [-0.4, -0.2) is 28.0 Å². The predicted octanol–water partition coefficient (Wildman–Crippen LogP) is 2.46. The Morgan fingerprint density at radius 3 is 2.41 bits per heavy atom. The summed E-state index contributed by atoms with van der Waals surface area (Å²) in [5.41, 5.74) is 1.71. The third kappa shape index (κ3) is 4.69. The van der Waals surface area contributed by atoms with Gasteiger partial charge in [0.25, 0.3) is 0 Å². The molecule has 0 heterocycles. The van der Waals surface area contributed by atoms with Crippen LogP contribution in [0.15, 0.2) is 24.3 Å². The van der Waals surface area contributed by atoms with Gasteiger partial charge in [0.2, 0.25) is 0 Å². The van der Waals surface area contributed by atoms with Crippen molar-refractivity contribution in [2.24, 2.45) is 0 Å². The van der Waals surface area contributed by atoms with Crippen molar-refractivity contribution in [2.45, 2.75) is 25.5 Å². The van der Waals surface area contributed by atoms with Crippen molar-refractivity contribution >= 4 is 22.3 Å². The molecule has 0 aliphatic heterocycles. The van der Waals surface area contributed by atoms with Crippen LogP contribution in [0.4, 0.5) is 5.69 Å². The average Bonchev–Trinajstić information content (AvgIpc) is 2.29. The van der Waals surface area contributed by atoms with Crippen LogP contribution in [0.3, 0.4) is 0 Å². The van der Waals surface area contributed by atoms with Crippen molar-refractivity contribution in [3.8, 4) is 0 Å². The number of benzene rings is 1. The summed E-state index contributed by atoms with van der Waals surface area (Å²) in [6, 6.07) is 7.41. The highest BCUT2D eigenvalue weighted by atomic mass is 32.2. The molecule has 4 heteroatoms. The molecule has 0 saturated carbocycles. The molecule has 0 radical (unpaired) electrons. The van der Waals surface area contributed by atoms with Crippen LogP contribution in [-0.2, 0) is 10.8 Å². The van der Waals surface area contributed by atoms with E-state index in [9.17, 15) is 9.00 Å². The van der Waals surface area contributed by atoms with Gasteiger partial charge < -0.3 is 5.32 Å². The maximum Gasteiger partial charge on any atom is 0.159 e. The fourth-order valence-electron chi connectivity index (χ4n) is 1.41. The summed E-state index contributed by atoms with van der Waals surface area (Å²) < 4.78 is 11.2. The van der Waals surface area contributed by atoms with Gasteiger partial charge in [-0.1, -0.05) is 6.92 Å². The molecule has 3 nitrogen and oxygen atoms in total. The zero-order valence-electron chi connectivity index (χ0n) is 10.5. The summed E-state index contributed by atoms with van der Waals surface area (Å²) in [6.45, 7) is 4.33. The number of hydrogen-bond donors (Lipinski definition) is 1. The Bertz CT molecular complexity index is 400. The predicted molar refractivity (Wildman–Crippen MR) is 73.1 cm³/mol. The van der Waals surface area contributed by atoms with Crippen LogP contribution >= 0.6 is 0 Å². The topological polar surface area (TPSA) is 46.2 Å². The Labute approximate surface area is 105 Å². The van der Waals surface area contributed by atoms with E-state index < -0.39 is 10.8 Å². The first kappa shape index (κ1) is 13.9. The Balaban J connectivity index is 2.42. The smallest absolute Gasteiger partial charge is 0.159 e. The first-order chi connectivity index (χ1) is 8.00. The highest BCUT2D eigenvalue weighted by molar-refractivity contribution is 7.84. The lowest BCUT2D eigenvalue weighted by atomic mass is 10.1. The van der Waals surface area contributed by atoms with E-state index in [4.69, 9.17) is 0 Å². The molecule has 1 aromatic rings. The number of Topliss-reactive ketones (excluding diaryl/α,β-unsaturated/α-hetero) is 1. The molecular formula is C13H19NO2S. The number of hydrogen-bond acceptors (Lipinski definition) is 3. The molecule has 1 rings (SSSR count). The summed E-state index contributed by atoms with van der Waals surface area (Å²) >= 11 is 0. The molecule has 0 amide bonds. The lowest BCUT2D eigenvalue weighted by Gasteiger charge is -2.10. The van der Waals surface area contributed by atoms with Gasteiger partial charge in [0, 0.05) is 40.1 Å². The van der Waals surface area contributed by atoms with E-state index >= 15 is 0 Å². The minimum absolute atomic E-state index is 0.0755. The summed E-state index contributed by atoms with van der Waals surface area (Å²) in [6.07, 6.45) is 2.60. The van der Waals surface area contributed by atoms with E-state index in [-0.39, 0.29) is 11.0 Å². The van der Waals surface area contributed by atoms with E-state index in [1.807, 2.05) is 31.2 Å². The van der Waals surface area contributed by atoms with Gasteiger partial charge in [-0.05, 0) is 37.6 Å². The maximum atomic E-state index is 11.2. The molecule has 2 atom stereocenters. The standard InChI is InChI=1S/C13H19NO2S/c1-10(17(3)16)8-9-14-13-6-4-12(5-7-13)11(2)15/h4-7,10,14H,8-9H2,1-3H3. The van der Waals surface area contributed by atoms with Crippen LogP contribution in [0.1, 0.15) is 30.6 Å². The Kier molecular flexibility index (Phi) is 5.35. The summed E-state index contributed by atoms with van der Waals surface area (Å²) in [5, 5.41) is 3.46. The minimum atomic E-state index is -0.763. The molecule has 0 bridgehead atoms. The molecule has 0 aromatic heterocycles. The van der Waals surface area contributed by atoms with E-state index in [1.165, 1.54) is 0 Å². The number of anilines is 1. The van der Waals surface area contributed by atoms with Crippen molar-refractivity contribution in [1.29, 1.82) is 0 Å². The van der Waals surface area contributed by atoms with Crippen LogP contribution in [0.25, 0.3) is 0 Å². The second-order valence-corrected chi connectivity index (χ2v) is 5.96. The van der Waals surface area contributed by atoms with Gasteiger partial charge in [-0.15, -0.1) is 0 Å². The monoisotopic (exact) mass is 253 g/mol. The van der Waals surface area contributed by atoms with Crippen molar-refractivity contribution in [3.63, 3.8) is 0 Å². The summed E-state index contributed by atoms with van der Waals surface area (Å²) in [7, 11) is -0.763.